The van der Waals surface area contributed by atoms with E-state index < -0.39 is 11.6 Å². The number of carboxylic acid groups (broad SMARTS) is 1. The van der Waals surface area contributed by atoms with Gasteiger partial charge in [-0.15, -0.1) is 0 Å². The summed E-state index contributed by atoms with van der Waals surface area (Å²) in [4.78, 5) is 23.0. The number of hydrogen-bond acceptors (Lipinski definition) is 5. The van der Waals surface area contributed by atoms with Crippen molar-refractivity contribution < 1.29 is 28.9 Å². The number of aliphatic carboxylic acids is 1. The highest BCUT2D eigenvalue weighted by atomic mass is 16.6. The minimum Gasteiger partial charge on any atom is -0.481 e. The Labute approximate surface area is 143 Å². The highest BCUT2D eigenvalue weighted by Gasteiger charge is 2.67. The van der Waals surface area contributed by atoms with E-state index in [0.717, 1.165) is 12.8 Å². The molecule has 0 spiro atoms. The van der Waals surface area contributed by atoms with E-state index in [2.05, 4.69) is 13.8 Å². The van der Waals surface area contributed by atoms with Gasteiger partial charge in [-0.3, -0.25) is 9.59 Å². The summed E-state index contributed by atoms with van der Waals surface area (Å²) in [7, 11) is 0. The zero-order valence-corrected chi connectivity index (χ0v) is 15.1. The Morgan fingerprint density at radius 1 is 1.00 bits per heavy atom. The SMILES string of the molecule is CCC1(C(C)(OC(=O)CCCCC(=O)O)C2(CC)COC2)COC1. The molecule has 24 heavy (non-hydrogen) atoms. The first-order valence-corrected chi connectivity index (χ1v) is 8.94. The maximum atomic E-state index is 12.5. The zero-order valence-electron chi connectivity index (χ0n) is 15.1. The topological polar surface area (TPSA) is 82.1 Å². The Kier molecular flexibility index (Phi) is 5.91. The molecule has 6 heteroatoms. The lowest BCUT2D eigenvalue weighted by Gasteiger charge is -2.63. The fourth-order valence-corrected chi connectivity index (χ4v) is 3.93. The molecule has 2 fully saturated rings. The Hall–Kier alpha value is -1.14. The summed E-state index contributed by atoms with van der Waals surface area (Å²) in [6.07, 6.45) is 3.14. The van der Waals surface area contributed by atoms with E-state index >= 15 is 0 Å². The van der Waals surface area contributed by atoms with Gasteiger partial charge in [0, 0.05) is 12.8 Å². The van der Waals surface area contributed by atoms with Crippen molar-refractivity contribution in [1.82, 2.24) is 0 Å². The Bertz CT molecular complexity index is 431. The molecule has 0 atom stereocenters. The summed E-state index contributed by atoms with van der Waals surface area (Å²) < 4.78 is 17.1. The highest BCUT2D eigenvalue weighted by Crippen LogP contribution is 2.57. The summed E-state index contributed by atoms with van der Waals surface area (Å²) in [5.41, 5.74) is -0.948. The van der Waals surface area contributed by atoms with Gasteiger partial charge in [0.25, 0.3) is 0 Å². The molecule has 0 aromatic rings. The van der Waals surface area contributed by atoms with E-state index in [-0.39, 0.29) is 29.6 Å². The van der Waals surface area contributed by atoms with Crippen LogP contribution in [0.5, 0.6) is 0 Å². The first-order valence-electron chi connectivity index (χ1n) is 8.94. The van der Waals surface area contributed by atoms with Gasteiger partial charge < -0.3 is 19.3 Å². The van der Waals surface area contributed by atoms with Crippen molar-refractivity contribution in [2.45, 2.75) is 64.9 Å². The number of carbonyl (C=O) groups excluding carboxylic acids is 1. The van der Waals surface area contributed by atoms with Crippen LogP contribution in [0, 0.1) is 10.8 Å². The lowest BCUT2D eigenvalue weighted by atomic mass is 9.54. The Balaban J connectivity index is 2.07. The van der Waals surface area contributed by atoms with Gasteiger partial charge in [-0.25, -0.2) is 0 Å². The predicted octanol–water partition coefficient (Wildman–Crippen LogP) is 2.79. The summed E-state index contributed by atoms with van der Waals surface area (Å²) in [5, 5.41) is 8.68. The number of rotatable bonds is 10. The highest BCUT2D eigenvalue weighted by molar-refractivity contribution is 5.70. The number of carbonyl (C=O) groups is 2. The molecule has 2 aliphatic rings. The van der Waals surface area contributed by atoms with Crippen LogP contribution in [0.4, 0.5) is 0 Å². The summed E-state index contributed by atoms with van der Waals surface area (Å²) in [6.45, 7) is 8.69. The number of ether oxygens (including phenoxy) is 3. The third-order valence-corrected chi connectivity index (χ3v) is 6.23. The molecule has 2 heterocycles. The van der Waals surface area contributed by atoms with Crippen LogP contribution in [-0.4, -0.2) is 49.1 Å². The molecule has 1 N–H and O–H groups in total. The third kappa shape index (κ3) is 3.18. The second-order valence-electron chi connectivity index (χ2n) is 7.36. The monoisotopic (exact) mass is 342 g/mol. The quantitative estimate of drug-likeness (QED) is 0.485. The van der Waals surface area contributed by atoms with Gasteiger partial charge in [-0.05, 0) is 32.6 Å². The molecule has 0 aromatic carbocycles. The van der Waals surface area contributed by atoms with E-state index in [0.29, 0.717) is 39.3 Å². The minimum atomic E-state index is -0.832. The van der Waals surface area contributed by atoms with E-state index in [1.807, 2.05) is 6.92 Å². The van der Waals surface area contributed by atoms with Gasteiger partial charge in [-0.2, -0.15) is 0 Å². The van der Waals surface area contributed by atoms with Crippen molar-refractivity contribution in [2.75, 3.05) is 26.4 Å². The molecule has 0 aliphatic carbocycles. The summed E-state index contributed by atoms with van der Waals surface area (Å²) in [5.74, 6) is -1.08. The summed E-state index contributed by atoms with van der Waals surface area (Å²) >= 11 is 0. The molecule has 6 nitrogen and oxygen atoms in total. The molecule has 2 saturated heterocycles. The average Bonchev–Trinajstić information content (AvgIpc) is 2.42. The second-order valence-corrected chi connectivity index (χ2v) is 7.36. The standard InChI is InChI=1S/C18H30O6/c1-4-17(10-22-11-17)16(3,18(5-2)12-23-13-18)24-15(21)9-7-6-8-14(19)20/h4-13H2,1-3H3,(H,19,20). The normalized spacial score (nSPS) is 21.5. The van der Waals surface area contributed by atoms with Gasteiger partial charge in [0.1, 0.15) is 5.60 Å². The molecule has 0 amide bonds. The van der Waals surface area contributed by atoms with Crippen molar-refractivity contribution in [1.29, 1.82) is 0 Å². The van der Waals surface area contributed by atoms with Crippen molar-refractivity contribution in [3.8, 4) is 0 Å². The fourth-order valence-electron chi connectivity index (χ4n) is 3.93. The van der Waals surface area contributed by atoms with Crippen molar-refractivity contribution in [3.63, 3.8) is 0 Å². The first kappa shape index (κ1) is 19.2. The van der Waals surface area contributed by atoms with E-state index in [9.17, 15) is 9.59 Å². The minimum absolute atomic E-state index is 0.0873. The van der Waals surface area contributed by atoms with Crippen LogP contribution in [0.25, 0.3) is 0 Å². The van der Waals surface area contributed by atoms with Crippen LogP contribution in [0.3, 0.4) is 0 Å². The van der Waals surface area contributed by atoms with Gasteiger partial charge in [0.15, 0.2) is 0 Å². The number of unbranched alkanes of at least 4 members (excludes halogenated alkanes) is 1. The molecule has 0 saturated carbocycles. The predicted molar refractivity (Wildman–Crippen MR) is 87.7 cm³/mol. The molecule has 138 valence electrons. The van der Waals surface area contributed by atoms with Gasteiger partial charge >= 0.3 is 11.9 Å². The third-order valence-electron chi connectivity index (χ3n) is 6.23. The Morgan fingerprint density at radius 3 is 1.79 bits per heavy atom. The zero-order chi connectivity index (χ0) is 17.8. The number of hydrogen-bond donors (Lipinski definition) is 1. The van der Waals surface area contributed by atoms with Gasteiger partial charge in [0.2, 0.25) is 0 Å². The van der Waals surface area contributed by atoms with Crippen molar-refractivity contribution in [2.24, 2.45) is 10.8 Å². The van der Waals surface area contributed by atoms with Crippen LogP contribution in [0.1, 0.15) is 59.3 Å². The van der Waals surface area contributed by atoms with Crippen LogP contribution in [-0.2, 0) is 23.8 Å². The van der Waals surface area contributed by atoms with E-state index in [1.54, 1.807) is 0 Å². The fraction of sp³-hybridized carbons (Fsp3) is 0.889. The van der Waals surface area contributed by atoms with Gasteiger partial charge in [0.05, 0.1) is 37.3 Å². The number of esters is 1. The second kappa shape index (κ2) is 7.40. The molecule has 0 radical (unpaired) electrons. The smallest absolute Gasteiger partial charge is 0.306 e. The van der Waals surface area contributed by atoms with Crippen molar-refractivity contribution in [3.05, 3.63) is 0 Å². The lowest BCUT2D eigenvalue weighted by Crippen LogP contribution is -2.72. The van der Waals surface area contributed by atoms with Crippen LogP contribution in [0.2, 0.25) is 0 Å². The first-order chi connectivity index (χ1) is 11.3. The maximum Gasteiger partial charge on any atom is 0.306 e. The molecule has 0 aromatic heterocycles. The molecule has 0 bridgehead atoms. The van der Waals surface area contributed by atoms with Crippen LogP contribution in [0.15, 0.2) is 0 Å². The van der Waals surface area contributed by atoms with Crippen molar-refractivity contribution >= 4 is 11.9 Å². The maximum absolute atomic E-state index is 12.5. The molecule has 2 aliphatic heterocycles. The van der Waals surface area contributed by atoms with E-state index in [1.165, 1.54) is 0 Å². The average molecular weight is 342 g/mol. The lowest BCUT2D eigenvalue weighted by molar-refractivity contribution is -0.314. The largest absolute Gasteiger partial charge is 0.481 e. The molecule has 2 rings (SSSR count). The molecule has 0 unspecified atom stereocenters. The number of carboxylic acids is 1. The van der Waals surface area contributed by atoms with E-state index in [4.69, 9.17) is 19.3 Å². The van der Waals surface area contributed by atoms with Crippen LogP contribution >= 0.6 is 0 Å². The molecular weight excluding hydrogens is 312 g/mol. The Morgan fingerprint density at radius 2 is 1.46 bits per heavy atom. The van der Waals surface area contributed by atoms with Gasteiger partial charge in [-0.1, -0.05) is 13.8 Å². The molecular formula is C18H30O6. The van der Waals surface area contributed by atoms with Crippen LogP contribution < -0.4 is 0 Å². The summed E-state index contributed by atoms with van der Waals surface area (Å²) in [6, 6.07) is 0.